The third kappa shape index (κ3) is 3.21. The Kier molecular flexibility index (Phi) is 4.53. The van der Waals surface area contributed by atoms with Crippen LogP contribution in [0.1, 0.15) is 24.2 Å². The van der Waals surface area contributed by atoms with Gasteiger partial charge >= 0.3 is 0 Å². The summed E-state index contributed by atoms with van der Waals surface area (Å²) in [5, 5.41) is 18.2. The number of phenolic OH excluding ortho intramolecular Hbond substituents is 1. The molecule has 0 bridgehead atoms. The van der Waals surface area contributed by atoms with Crippen LogP contribution >= 0.6 is 15.9 Å². The van der Waals surface area contributed by atoms with E-state index >= 15 is 0 Å². The molecule has 1 rings (SSSR count). The van der Waals surface area contributed by atoms with Crippen LogP contribution in [0.25, 0.3) is 0 Å². The highest BCUT2D eigenvalue weighted by Gasteiger charge is 2.19. The molecule has 0 unspecified atom stereocenters. The minimum atomic E-state index is -0.260. The van der Waals surface area contributed by atoms with Gasteiger partial charge in [-0.05, 0) is 48.0 Å². The van der Waals surface area contributed by atoms with Crippen molar-refractivity contribution in [1.82, 2.24) is 4.90 Å². The van der Waals surface area contributed by atoms with E-state index in [4.69, 9.17) is 5.26 Å². The van der Waals surface area contributed by atoms with Gasteiger partial charge in [0.05, 0.1) is 10.5 Å². The molecule has 1 aromatic rings. The number of nitrogens with zero attached hydrogens (tertiary/aromatic N) is 2. The number of benzene rings is 1. The van der Waals surface area contributed by atoms with E-state index in [-0.39, 0.29) is 24.2 Å². The van der Waals surface area contributed by atoms with E-state index in [2.05, 4.69) is 15.9 Å². The van der Waals surface area contributed by atoms with Gasteiger partial charge in [-0.3, -0.25) is 4.79 Å². The second kappa shape index (κ2) is 5.69. The predicted molar refractivity (Wildman–Crippen MR) is 67.6 cm³/mol. The number of phenols is 1. The first kappa shape index (κ1) is 13.5. The fourth-order valence-corrected chi connectivity index (χ4v) is 1.62. The fourth-order valence-electron chi connectivity index (χ4n) is 1.38. The normalized spacial score (nSPS) is 10.1. The standard InChI is InChI=1S/C12H13BrN2O2/c1-8(2)15(6-5-14)12(17)9-3-4-10(13)11(16)7-9/h3-4,7-8,16H,6H2,1-2H3. The third-order valence-corrected chi connectivity index (χ3v) is 2.99. The van der Waals surface area contributed by atoms with E-state index in [0.717, 1.165) is 0 Å². The van der Waals surface area contributed by atoms with Crippen molar-refractivity contribution in [2.75, 3.05) is 6.54 Å². The highest BCUT2D eigenvalue weighted by Crippen LogP contribution is 2.25. The zero-order valence-electron chi connectivity index (χ0n) is 9.64. The summed E-state index contributed by atoms with van der Waals surface area (Å²) in [5.74, 6) is -0.249. The van der Waals surface area contributed by atoms with Gasteiger partial charge in [0.1, 0.15) is 12.3 Å². The molecule has 0 saturated heterocycles. The highest BCUT2D eigenvalue weighted by atomic mass is 79.9. The van der Waals surface area contributed by atoms with Gasteiger partial charge in [-0.2, -0.15) is 5.26 Å². The Morgan fingerprint density at radius 3 is 2.71 bits per heavy atom. The first-order valence-electron chi connectivity index (χ1n) is 5.13. The first-order valence-corrected chi connectivity index (χ1v) is 5.93. The maximum absolute atomic E-state index is 12.1. The summed E-state index contributed by atoms with van der Waals surface area (Å²) < 4.78 is 0.533. The minimum absolute atomic E-state index is 0.0107. The smallest absolute Gasteiger partial charge is 0.255 e. The zero-order valence-corrected chi connectivity index (χ0v) is 11.2. The number of amides is 1. The van der Waals surface area contributed by atoms with Crippen molar-refractivity contribution in [1.29, 1.82) is 5.26 Å². The van der Waals surface area contributed by atoms with Gasteiger partial charge in [-0.25, -0.2) is 0 Å². The molecule has 0 saturated carbocycles. The van der Waals surface area contributed by atoms with Crippen molar-refractivity contribution in [3.63, 3.8) is 0 Å². The molecule has 1 N–H and O–H groups in total. The Morgan fingerprint density at radius 1 is 1.59 bits per heavy atom. The number of carbonyl (C=O) groups is 1. The average molecular weight is 297 g/mol. The largest absolute Gasteiger partial charge is 0.507 e. The lowest BCUT2D eigenvalue weighted by molar-refractivity contribution is 0.0731. The Bertz CT molecular complexity index is 466. The quantitative estimate of drug-likeness (QED) is 0.872. The minimum Gasteiger partial charge on any atom is -0.507 e. The molecule has 0 fully saturated rings. The molecule has 0 heterocycles. The molecule has 0 aliphatic rings. The van der Waals surface area contributed by atoms with E-state index in [9.17, 15) is 9.90 Å². The topological polar surface area (TPSA) is 64.3 Å². The SMILES string of the molecule is CC(C)N(CC#N)C(=O)c1ccc(Br)c(O)c1. The van der Waals surface area contributed by atoms with Gasteiger partial charge in [0.15, 0.2) is 0 Å². The molecule has 0 aromatic heterocycles. The molecule has 0 aliphatic carbocycles. The lowest BCUT2D eigenvalue weighted by atomic mass is 10.1. The van der Waals surface area contributed by atoms with Crippen LogP contribution in [-0.4, -0.2) is 28.5 Å². The van der Waals surface area contributed by atoms with Crippen LogP contribution in [0, 0.1) is 11.3 Å². The van der Waals surface area contributed by atoms with Gasteiger partial charge in [-0.1, -0.05) is 0 Å². The van der Waals surface area contributed by atoms with Crippen LogP contribution < -0.4 is 0 Å². The van der Waals surface area contributed by atoms with Crippen LogP contribution in [0.2, 0.25) is 0 Å². The van der Waals surface area contributed by atoms with Crippen molar-refractivity contribution in [2.45, 2.75) is 19.9 Å². The van der Waals surface area contributed by atoms with Gasteiger partial charge < -0.3 is 10.0 Å². The molecular weight excluding hydrogens is 284 g/mol. The zero-order chi connectivity index (χ0) is 13.0. The molecule has 4 nitrogen and oxygen atoms in total. The molecule has 0 aliphatic heterocycles. The summed E-state index contributed by atoms with van der Waals surface area (Å²) in [6.45, 7) is 3.72. The van der Waals surface area contributed by atoms with Crippen molar-refractivity contribution >= 4 is 21.8 Å². The maximum Gasteiger partial charge on any atom is 0.255 e. The van der Waals surface area contributed by atoms with E-state index in [0.29, 0.717) is 10.0 Å². The average Bonchev–Trinajstić information content (AvgIpc) is 2.28. The number of halogens is 1. The van der Waals surface area contributed by atoms with Gasteiger partial charge in [0.2, 0.25) is 0 Å². The first-order chi connectivity index (χ1) is 7.97. The van der Waals surface area contributed by atoms with Gasteiger partial charge in [0.25, 0.3) is 5.91 Å². The van der Waals surface area contributed by atoms with Crippen molar-refractivity contribution in [2.24, 2.45) is 0 Å². The Hall–Kier alpha value is -1.54. The molecule has 0 radical (unpaired) electrons. The highest BCUT2D eigenvalue weighted by molar-refractivity contribution is 9.10. The summed E-state index contributed by atoms with van der Waals surface area (Å²) in [6.07, 6.45) is 0. The summed E-state index contributed by atoms with van der Waals surface area (Å²) in [5.41, 5.74) is 0.370. The van der Waals surface area contributed by atoms with Crippen molar-refractivity contribution in [3.8, 4) is 11.8 Å². The Balaban J connectivity index is 3.02. The Labute approximate surface area is 109 Å². The monoisotopic (exact) mass is 296 g/mol. The van der Waals surface area contributed by atoms with E-state index in [1.54, 1.807) is 12.1 Å². The summed E-state index contributed by atoms with van der Waals surface area (Å²) in [7, 11) is 0. The summed E-state index contributed by atoms with van der Waals surface area (Å²) in [6, 6.07) is 6.50. The van der Waals surface area contributed by atoms with Crippen LogP contribution in [0.4, 0.5) is 0 Å². The van der Waals surface area contributed by atoms with Crippen LogP contribution in [-0.2, 0) is 0 Å². The molecule has 0 spiro atoms. The number of nitriles is 1. The van der Waals surface area contributed by atoms with E-state index < -0.39 is 0 Å². The van der Waals surface area contributed by atoms with Crippen LogP contribution in [0.15, 0.2) is 22.7 Å². The van der Waals surface area contributed by atoms with Crippen molar-refractivity contribution < 1.29 is 9.90 Å². The predicted octanol–water partition coefficient (Wildman–Crippen LogP) is 2.53. The van der Waals surface area contributed by atoms with Crippen LogP contribution in [0.5, 0.6) is 5.75 Å². The van der Waals surface area contributed by atoms with Gasteiger partial charge in [0, 0.05) is 11.6 Å². The second-order valence-corrected chi connectivity index (χ2v) is 4.71. The number of rotatable bonds is 3. The molecule has 17 heavy (non-hydrogen) atoms. The molecule has 0 atom stereocenters. The number of hydrogen-bond donors (Lipinski definition) is 1. The Morgan fingerprint density at radius 2 is 2.24 bits per heavy atom. The fraction of sp³-hybridized carbons (Fsp3) is 0.333. The van der Waals surface area contributed by atoms with E-state index in [1.807, 2.05) is 19.9 Å². The summed E-state index contributed by atoms with van der Waals surface area (Å²) >= 11 is 3.15. The van der Waals surface area contributed by atoms with E-state index in [1.165, 1.54) is 11.0 Å². The summed E-state index contributed by atoms with van der Waals surface area (Å²) in [4.78, 5) is 13.5. The van der Waals surface area contributed by atoms with Crippen LogP contribution in [0.3, 0.4) is 0 Å². The lowest BCUT2D eigenvalue weighted by Crippen LogP contribution is -2.37. The molecule has 1 amide bonds. The van der Waals surface area contributed by atoms with Crippen molar-refractivity contribution in [3.05, 3.63) is 28.2 Å². The number of carbonyl (C=O) groups excluding carboxylic acids is 1. The third-order valence-electron chi connectivity index (χ3n) is 2.32. The molecule has 1 aromatic carbocycles. The molecule has 5 heteroatoms. The maximum atomic E-state index is 12.1. The number of hydrogen-bond acceptors (Lipinski definition) is 3. The van der Waals surface area contributed by atoms with Gasteiger partial charge in [-0.15, -0.1) is 0 Å². The second-order valence-electron chi connectivity index (χ2n) is 3.85. The molecule has 90 valence electrons. The lowest BCUT2D eigenvalue weighted by Gasteiger charge is -2.23. The number of aromatic hydroxyl groups is 1. The molecular formula is C12H13BrN2O2.